The molecule has 56 valence electrons. The van der Waals surface area contributed by atoms with Gasteiger partial charge >= 0.3 is 0 Å². The third kappa shape index (κ3) is 2.04. The second-order valence-electron chi connectivity index (χ2n) is 3.16. The zero-order valence-corrected chi connectivity index (χ0v) is 6.64. The summed E-state index contributed by atoms with van der Waals surface area (Å²) in [6, 6.07) is 0. The minimum absolute atomic E-state index is 0.840. The van der Waals surface area contributed by atoms with E-state index >= 15 is 0 Å². The number of hydrogen-bond donors (Lipinski definition) is 0. The van der Waals surface area contributed by atoms with E-state index in [1.807, 2.05) is 0 Å². The highest BCUT2D eigenvalue weighted by molar-refractivity contribution is 4.89. The summed E-state index contributed by atoms with van der Waals surface area (Å²) in [7, 11) is 0. The van der Waals surface area contributed by atoms with Crippen molar-refractivity contribution in [3.8, 4) is 12.3 Å². The summed E-state index contributed by atoms with van der Waals surface area (Å²) < 4.78 is 0. The van der Waals surface area contributed by atoms with Crippen LogP contribution in [0.1, 0.15) is 19.8 Å². The van der Waals surface area contributed by atoms with Crippen LogP contribution in [-0.4, -0.2) is 24.5 Å². The predicted molar refractivity (Wildman–Crippen MR) is 43.7 cm³/mol. The van der Waals surface area contributed by atoms with E-state index in [0.29, 0.717) is 0 Å². The van der Waals surface area contributed by atoms with Gasteiger partial charge in [-0.1, -0.05) is 12.8 Å². The minimum Gasteiger partial charge on any atom is -0.292 e. The average Bonchev–Trinajstić information content (AvgIpc) is 1.95. The Kier molecular flexibility index (Phi) is 2.77. The monoisotopic (exact) mass is 137 g/mol. The van der Waals surface area contributed by atoms with Gasteiger partial charge in [0.25, 0.3) is 0 Å². The molecule has 0 amide bonds. The second-order valence-corrected chi connectivity index (χ2v) is 3.16. The molecule has 0 unspecified atom stereocenters. The Morgan fingerprint density at radius 1 is 1.50 bits per heavy atom. The van der Waals surface area contributed by atoms with E-state index in [9.17, 15) is 0 Å². The van der Waals surface area contributed by atoms with Crippen LogP contribution in [0.5, 0.6) is 0 Å². The van der Waals surface area contributed by atoms with E-state index < -0.39 is 0 Å². The van der Waals surface area contributed by atoms with Crippen LogP contribution in [-0.2, 0) is 0 Å². The van der Waals surface area contributed by atoms with Crippen LogP contribution in [0.15, 0.2) is 0 Å². The van der Waals surface area contributed by atoms with Crippen LogP contribution >= 0.6 is 0 Å². The van der Waals surface area contributed by atoms with E-state index in [1.165, 1.54) is 25.9 Å². The molecule has 1 aliphatic rings. The Morgan fingerprint density at radius 2 is 2.10 bits per heavy atom. The molecular weight excluding hydrogens is 122 g/mol. The Labute approximate surface area is 63.4 Å². The highest BCUT2D eigenvalue weighted by Crippen LogP contribution is 2.14. The van der Waals surface area contributed by atoms with Gasteiger partial charge in [0.05, 0.1) is 6.54 Å². The molecule has 0 radical (unpaired) electrons. The highest BCUT2D eigenvalue weighted by Gasteiger charge is 2.13. The van der Waals surface area contributed by atoms with Crippen molar-refractivity contribution in [2.24, 2.45) is 5.92 Å². The van der Waals surface area contributed by atoms with Crippen molar-refractivity contribution in [3.05, 3.63) is 0 Å². The molecule has 1 saturated heterocycles. The van der Waals surface area contributed by atoms with Gasteiger partial charge in [0.2, 0.25) is 0 Å². The fraction of sp³-hybridized carbons (Fsp3) is 0.778. The molecule has 1 heteroatoms. The van der Waals surface area contributed by atoms with Crippen LogP contribution < -0.4 is 0 Å². The third-order valence-corrected chi connectivity index (χ3v) is 2.19. The molecule has 1 fully saturated rings. The maximum absolute atomic E-state index is 5.20. The lowest BCUT2D eigenvalue weighted by atomic mass is 9.99. The van der Waals surface area contributed by atoms with Gasteiger partial charge in [-0.3, -0.25) is 4.90 Å². The first-order chi connectivity index (χ1) is 4.83. The molecule has 0 saturated carbocycles. The number of hydrogen-bond acceptors (Lipinski definition) is 1. The van der Waals surface area contributed by atoms with E-state index in [0.717, 1.165) is 12.5 Å². The predicted octanol–water partition coefficient (Wildman–Crippen LogP) is 1.35. The molecule has 1 heterocycles. The van der Waals surface area contributed by atoms with Crippen molar-refractivity contribution in [1.29, 1.82) is 0 Å². The zero-order chi connectivity index (χ0) is 7.40. The lowest BCUT2D eigenvalue weighted by Crippen LogP contribution is -2.32. The van der Waals surface area contributed by atoms with Crippen LogP contribution in [0.3, 0.4) is 0 Å². The number of piperidine rings is 1. The van der Waals surface area contributed by atoms with Gasteiger partial charge in [-0.2, -0.15) is 0 Å². The van der Waals surface area contributed by atoms with Crippen molar-refractivity contribution in [3.63, 3.8) is 0 Å². The number of nitrogens with zero attached hydrogens (tertiary/aromatic N) is 1. The van der Waals surface area contributed by atoms with Crippen LogP contribution in [0, 0.1) is 18.3 Å². The summed E-state index contributed by atoms with van der Waals surface area (Å²) >= 11 is 0. The maximum atomic E-state index is 5.20. The average molecular weight is 137 g/mol. The zero-order valence-electron chi connectivity index (χ0n) is 6.64. The highest BCUT2D eigenvalue weighted by atomic mass is 15.1. The van der Waals surface area contributed by atoms with Crippen LogP contribution in [0.2, 0.25) is 0 Å². The molecule has 0 aromatic carbocycles. The minimum atomic E-state index is 0.840. The summed E-state index contributed by atoms with van der Waals surface area (Å²) in [6.45, 7) is 5.55. The maximum Gasteiger partial charge on any atom is 0.0598 e. The fourth-order valence-electron chi connectivity index (χ4n) is 1.35. The molecule has 0 aromatic heterocycles. The van der Waals surface area contributed by atoms with E-state index in [-0.39, 0.29) is 0 Å². The molecule has 1 nitrogen and oxygen atoms in total. The summed E-state index contributed by atoms with van der Waals surface area (Å²) in [4.78, 5) is 2.35. The largest absolute Gasteiger partial charge is 0.292 e. The van der Waals surface area contributed by atoms with Crippen molar-refractivity contribution in [2.45, 2.75) is 19.8 Å². The summed E-state index contributed by atoms with van der Waals surface area (Å²) in [5, 5.41) is 0. The van der Waals surface area contributed by atoms with Crippen molar-refractivity contribution < 1.29 is 0 Å². The van der Waals surface area contributed by atoms with E-state index in [1.54, 1.807) is 0 Å². The first kappa shape index (κ1) is 7.63. The molecule has 1 rings (SSSR count). The number of rotatable bonds is 1. The molecule has 1 aliphatic heterocycles. The SMILES string of the molecule is C#CCN1CCC(C)CC1. The molecule has 10 heavy (non-hydrogen) atoms. The van der Waals surface area contributed by atoms with E-state index in [4.69, 9.17) is 6.42 Å². The Bertz CT molecular complexity index is 126. The normalized spacial score (nSPS) is 22.4. The van der Waals surface area contributed by atoms with Gasteiger partial charge in [0.1, 0.15) is 0 Å². The molecule has 0 bridgehead atoms. The Balaban J connectivity index is 2.21. The van der Waals surface area contributed by atoms with Crippen LogP contribution in [0.4, 0.5) is 0 Å². The van der Waals surface area contributed by atoms with E-state index in [2.05, 4.69) is 17.7 Å². The van der Waals surface area contributed by atoms with Gasteiger partial charge in [0, 0.05) is 0 Å². The molecule has 0 spiro atoms. The van der Waals surface area contributed by atoms with Crippen LogP contribution in [0.25, 0.3) is 0 Å². The Hall–Kier alpha value is -0.480. The second kappa shape index (κ2) is 3.63. The third-order valence-electron chi connectivity index (χ3n) is 2.19. The van der Waals surface area contributed by atoms with Crippen molar-refractivity contribution in [2.75, 3.05) is 19.6 Å². The number of likely N-dealkylation sites (tertiary alicyclic amines) is 1. The Morgan fingerprint density at radius 3 is 2.60 bits per heavy atom. The van der Waals surface area contributed by atoms with Crippen molar-refractivity contribution in [1.82, 2.24) is 4.90 Å². The molecule has 0 N–H and O–H groups in total. The summed E-state index contributed by atoms with van der Waals surface area (Å²) in [6.07, 6.45) is 7.84. The molecule has 0 atom stereocenters. The molecule has 0 aromatic rings. The number of terminal acetylenes is 1. The first-order valence-electron chi connectivity index (χ1n) is 3.98. The standard InChI is InChI=1S/C9H15N/c1-3-6-10-7-4-9(2)5-8-10/h1,9H,4-8H2,2H3. The first-order valence-corrected chi connectivity index (χ1v) is 3.98. The summed E-state index contributed by atoms with van der Waals surface area (Å²) in [5.41, 5.74) is 0. The van der Waals surface area contributed by atoms with Crippen molar-refractivity contribution >= 4 is 0 Å². The summed E-state index contributed by atoms with van der Waals surface area (Å²) in [5.74, 6) is 3.59. The van der Waals surface area contributed by atoms with Gasteiger partial charge in [-0.25, -0.2) is 0 Å². The van der Waals surface area contributed by atoms with Gasteiger partial charge in [0.15, 0.2) is 0 Å². The topological polar surface area (TPSA) is 3.24 Å². The van der Waals surface area contributed by atoms with Gasteiger partial charge in [-0.05, 0) is 31.8 Å². The lowest BCUT2D eigenvalue weighted by Gasteiger charge is -2.28. The quantitative estimate of drug-likeness (QED) is 0.493. The van der Waals surface area contributed by atoms with Gasteiger partial charge < -0.3 is 0 Å². The lowest BCUT2D eigenvalue weighted by molar-refractivity contribution is 0.213. The molecular formula is C9H15N. The molecule has 0 aliphatic carbocycles. The smallest absolute Gasteiger partial charge is 0.0598 e. The fourth-order valence-corrected chi connectivity index (χ4v) is 1.35. The van der Waals surface area contributed by atoms with Gasteiger partial charge in [-0.15, -0.1) is 6.42 Å².